The molecule has 1 amide bonds. The van der Waals surface area contributed by atoms with Crippen LogP contribution >= 0.6 is 0 Å². The molecule has 0 spiro atoms. The van der Waals surface area contributed by atoms with Crippen LogP contribution in [0.15, 0.2) is 0 Å². The van der Waals surface area contributed by atoms with Crippen LogP contribution in [0.4, 0.5) is 0 Å². The van der Waals surface area contributed by atoms with E-state index in [0.29, 0.717) is 18.5 Å². The number of rotatable bonds is 2. The number of aryl methyl sites for hydroxylation is 2. The number of hydrogen-bond donors (Lipinski definition) is 1. The van der Waals surface area contributed by atoms with Crippen LogP contribution in [0.25, 0.3) is 0 Å². The summed E-state index contributed by atoms with van der Waals surface area (Å²) in [6.45, 7) is 5.79. The molecule has 20 heavy (non-hydrogen) atoms. The van der Waals surface area contributed by atoms with Gasteiger partial charge in [0.25, 0.3) is 0 Å². The molecule has 110 valence electrons. The van der Waals surface area contributed by atoms with E-state index in [1.165, 1.54) is 12.8 Å². The van der Waals surface area contributed by atoms with Crippen molar-refractivity contribution in [3.8, 4) is 0 Å². The van der Waals surface area contributed by atoms with Gasteiger partial charge < -0.3 is 10.2 Å². The summed E-state index contributed by atoms with van der Waals surface area (Å²) in [6.07, 6.45) is 4.06. The monoisotopic (exact) mass is 276 g/mol. The van der Waals surface area contributed by atoms with Gasteiger partial charge in [-0.1, -0.05) is 0 Å². The van der Waals surface area contributed by atoms with Crippen LogP contribution < -0.4 is 5.32 Å². The van der Waals surface area contributed by atoms with Gasteiger partial charge in [0, 0.05) is 43.5 Å². The van der Waals surface area contributed by atoms with Crippen molar-refractivity contribution >= 4 is 5.91 Å². The number of carbonyl (C=O) groups is 1. The summed E-state index contributed by atoms with van der Waals surface area (Å²) in [4.78, 5) is 14.6. The Kier molecular flexibility index (Phi) is 3.54. The average molecular weight is 276 g/mol. The number of likely N-dealkylation sites (tertiary alicyclic amines) is 1. The standard InChI is InChI=1S/C15H24N4O/c1-10-14(11(2)18(3)17-10)8-15(20)19-7-6-12-4-5-13(9-19)16-12/h12-13,16H,4-9H2,1-3H3. The molecule has 5 heteroatoms. The van der Waals surface area contributed by atoms with Gasteiger partial charge in [0.15, 0.2) is 0 Å². The van der Waals surface area contributed by atoms with Crippen molar-refractivity contribution in [2.75, 3.05) is 13.1 Å². The zero-order valence-electron chi connectivity index (χ0n) is 12.6. The lowest BCUT2D eigenvalue weighted by molar-refractivity contribution is -0.130. The lowest BCUT2D eigenvalue weighted by atomic mass is 10.1. The third-order valence-corrected chi connectivity index (χ3v) is 4.86. The average Bonchev–Trinajstić information content (AvgIpc) is 2.84. The fraction of sp³-hybridized carbons (Fsp3) is 0.733. The predicted octanol–water partition coefficient (Wildman–Crippen LogP) is 0.932. The first-order chi connectivity index (χ1) is 9.54. The molecular weight excluding hydrogens is 252 g/mol. The molecule has 2 aliphatic heterocycles. The number of nitrogens with one attached hydrogen (secondary N) is 1. The first-order valence-corrected chi connectivity index (χ1v) is 7.57. The summed E-state index contributed by atoms with van der Waals surface area (Å²) in [5.74, 6) is 0.249. The number of fused-ring (bicyclic) bond motifs is 2. The van der Waals surface area contributed by atoms with Crippen LogP contribution in [-0.2, 0) is 18.3 Å². The van der Waals surface area contributed by atoms with Gasteiger partial charge in [-0.15, -0.1) is 0 Å². The molecule has 0 aromatic carbocycles. The van der Waals surface area contributed by atoms with E-state index in [1.54, 1.807) is 0 Å². The zero-order valence-corrected chi connectivity index (χ0v) is 12.6. The Balaban J connectivity index is 1.70. The molecule has 2 unspecified atom stereocenters. The highest BCUT2D eigenvalue weighted by molar-refractivity contribution is 5.79. The van der Waals surface area contributed by atoms with E-state index in [-0.39, 0.29) is 5.91 Å². The smallest absolute Gasteiger partial charge is 0.227 e. The van der Waals surface area contributed by atoms with E-state index >= 15 is 0 Å². The molecule has 3 heterocycles. The number of hydrogen-bond acceptors (Lipinski definition) is 3. The van der Waals surface area contributed by atoms with Crippen LogP contribution in [0.5, 0.6) is 0 Å². The topological polar surface area (TPSA) is 50.2 Å². The SMILES string of the molecule is Cc1nn(C)c(C)c1CC(=O)N1CCC2CCC(C1)N2. The quantitative estimate of drug-likeness (QED) is 0.874. The lowest BCUT2D eigenvalue weighted by Gasteiger charge is -2.24. The summed E-state index contributed by atoms with van der Waals surface area (Å²) in [5, 5.41) is 8.02. The Morgan fingerprint density at radius 3 is 2.75 bits per heavy atom. The second-order valence-electron chi connectivity index (χ2n) is 6.22. The minimum Gasteiger partial charge on any atom is -0.341 e. The third kappa shape index (κ3) is 2.46. The highest BCUT2D eigenvalue weighted by Gasteiger charge is 2.31. The van der Waals surface area contributed by atoms with Crippen LogP contribution in [-0.4, -0.2) is 45.8 Å². The van der Waals surface area contributed by atoms with Gasteiger partial charge in [0.2, 0.25) is 5.91 Å². The van der Waals surface area contributed by atoms with Crippen molar-refractivity contribution in [2.24, 2.45) is 7.05 Å². The molecule has 3 rings (SSSR count). The molecule has 2 aliphatic rings. The highest BCUT2D eigenvalue weighted by atomic mass is 16.2. The number of aromatic nitrogens is 2. The maximum Gasteiger partial charge on any atom is 0.227 e. The molecule has 1 aromatic heterocycles. The summed E-state index contributed by atoms with van der Waals surface area (Å²) >= 11 is 0. The van der Waals surface area contributed by atoms with Crippen molar-refractivity contribution in [1.82, 2.24) is 20.0 Å². The van der Waals surface area contributed by atoms with E-state index in [4.69, 9.17) is 0 Å². The van der Waals surface area contributed by atoms with Crippen LogP contribution in [0.2, 0.25) is 0 Å². The van der Waals surface area contributed by atoms with Crippen LogP contribution in [0.1, 0.15) is 36.2 Å². The first-order valence-electron chi connectivity index (χ1n) is 7.57. The fourth-order valence-corrected chi connectivity index (χ4v) is 3.51. The number of carbonyl (C=O) groups excluding carboxylic acids is 1. The van der Waals surface area contributed by atoms with Crippen molar-refractivity contribution in [3.05, 3.63) is 17.0 Å². The molecule has 0 aliphatic carbocycles. The molecule has 2 atom stereocenters. The Morgan fingerprint density at radius 2 is 2.05 bits per heavy atom. The summed E-state index contributed by atoms with van der Waals surface area (Å²) in [5.41, 5.74) is 3.18. The molecule has 2 bridgehead atoms. The van der Waals surface area contributed by atoms with Gasteiger partial charge >= 0.3 is 0 Å². The van der Waals surface area contributed by atoms with Crippen LogP contribution in [0.3, 0.4) is 0 Å². The van der Waals surface area contributed by atoms with Gasteiger partial charge in [-0.3, -0.25) is 9.48 Å². The summed E-state index contributed by atoms with van der Waals surface area (Å²) < 4.78 is 1.86. The second-order valence-corrected chi connectivity index (χ2v) is 6.22. The van der Waals surface area contributed by atoms with Crippen molar-refractivity contribution in [2.45, 2.75) is 51.6 Å². The van der Waals surface area contributed by atoms with Gasteiger partial charge in [-0.25, -0.2) is 0 Å². The molecule has 2 fully saturated rings. The molecule has 1 aromatic rings. The van der Waals surface area contributed by atoms with E-state index in [0.717, 1.165) is 36.5 Å². The summed E-state index contributed by atoms with van der Waals surface area (Å²) in [6, 6.07) is 1.13. The van der Waals surface area contributed by atoms with E-state index in [2.05, 4.69) is 10.4 Å². The second kappa shape index (κ2) is 5.20. The Hall–Kier alpha value is -1.36. The molecule has 1 N–H and O–H groups in total. The third-order valence-electron chi connectivity index (χ3n) is 4.86. The normalized spacial score (nSPS) is 25.9. The highest BCUT2D eigenvalue weighted by Crippen LogP contribution is 2.21. The minimum atomic E-state index is 0.249. The molecule has 2 saturated heterocycles. The Morgan fingerprint density at radius 1 is 1.30 bits per heavy atom. The van der Waals surface area contributed by atoms with Gasteiger partial charge in [-0.2, -0.15) is 5.10 Å². The van der Waals surface area contributed by atoms with Gasteiger partial charge in [0.05, 0.1) is 12.1 Å². The first kappa shape index (κ1) is 13.6. The molecule has 0 saturated carbocycles. The van der Waals surface area contributed by atoms with Crippen molar-refractivity contribution in [1.29, 1.82) is 0 Å². The number of nitrogens with zero attached hydrogens (tertiary/aromatic N) is 3. The van der Waals surface area contributed by atoms with Crippen LogP contribution in [0, 0.1) is 13.8 Å². The summed E-state index contributed by atoms with van der Waals surface area (Å²) in [7, 11) is 1.94. The van der Waals surface area contributed by atoms with Gasteiger partial charge in [-0.05, 0) is 33.1 Å². The Labute approximate surface area is 120 Å². The molecule has 0 radical (unpaired) electrons. The van der Waals surface area contributed by atoms with E-state index < -0.39 is 0 Å². The largest absolute Gasteiger partial charge is 0.341 e. The molecular formula is C15H24N4O. The van der Waals surface area contributed by atoms with E-state index in [1.807, 2.05) is 30.5 Å². The van der Waals surface area contributed by atoms with Crippen molar-refractivity contribution in [3.63, 3.8) is 0 Å². The maximum atomic E-state index is 12.6. The Bertz CT molecular complexity index is 522. The predicted molar refractivity (Wildman–Crippen MR) is 77.5 cm³/mol. The van der Waals surface area contributed by atoms with E-state index in [9.17, 15) is 4.79 Å². The minimum absolute atomic E-state index is 0.249. The lowest BCUT2D eigenvalue weighted by Crippen LogP contribution is -2.39. The number of amides is 1. The zero-order chi connectivity index (χ0) is 14.3. The van der Waals surface area contributed by atoms with Gasteiger partial charge in [0.1, 0.15) is 0 Å². The molecule has 5 nitrogen and oxygen atoms in total. The fourth-order valence-electron chi connectivity index (χ4n) is 3.51. The maximum absolute atomic E-state index is 12.6. The van der Waals surface area contributed by atoms with Crippen molar-refractivity contribution < 1.29 is 4.79 Å².